The van der Waals surface area contributed by atoms with Crippen LogP contribution < -0.4 is 10.2 Å². The molecule has 2 aromatic carbocycles. The number of hydrogen-bond donors (Lipinski definition) is 1. The van der Waals surface area contributed by atoms with E-state index in [2.05, 4.69) is 5.32 Å². The molecule has 5 nitrogen and oxygen atoms in total. The van der Waals surface area contributed by atoms with Gasteiger partial charge in [0.1, 0.15) is 0 Å². The lowest BCUT2D eigenvalue weighted by molar-refractivity contribution is -0.122. The smallest absolute Gasteiger partial charge is 0.229 e. The monoisotopic (exact) mass is 359 g/mol. The Kier molecular flexibility index (Phi) is 4.63. The Morgan fingerprint density at radius 3 is 2.69 bits per heavy atom. The molecule has 1 fully saturated rings. The standard InChI is InChI=1S/C18H12F3N3O2/c19-13-4-5-14(17(21)16(13)20)24-9-11(7-15(24)25)18(26)23-12-3-1-2-10(6-12)8-22/h1-6,11H,7,9H2,(H,23,26). The Balaban J connectivity index is 1.76. The lowest BCUT2D eigenvalue weighted by atomic mass is 10.1. The number of nitrogens with one attached hydrogen (secondary N) is 1. The second kappa shape index (κ2) is 6.88. The molecule has 0 aliphatic carbocycles. The Labute approximate surface area is 146 Å². The molecular formula is C18H12F3N3O2. The maximum absolute atomic E-state index is 13.9. The van der Waals surface area contributed by atoms with Crippen LogP contribution in [0, 0.1) is 34.7 Å². The summed E-state index contributed by atoms with van der Waals surface area (Å²) in [5.74, 6) is -6.34. The number of amides is 2. The molecule has 1 aliphatic rings. The third-order valence-corrected chi connectivity index (χ3v) is 4.06. The molecule has 0 aromatic heterocycles. The third-order valence-electron chi connectivity index (χ3n) is 4.06. The highest BCUT2D eigenvalue weighted by molar-refractivity contribution is 6.03. The third kappa shape index (κ3) is 3.24. The van der Waals surface area contributed by atoms with E-state index in [-0.39, 0.29) is 13.0 Å². The van der Waals surface area contributed by atoms with Gasteiger partial charge in [0.15, 0.2) is 17.5 Å². The fourth-order valence-corrected chi connectivity index (χ4v) is 2.75. The first-order valence-corrected chi connectivity index (χ1v) is 7.65. The van der Waals surface area contributed by atoms with Gasteiger partial charge in [-0.05, 0) is 30.3 Å². The second-order valence-electron chi connectivity index (χ2n) is 5.78. The van der Waals surface area contributed by atoms with Crippen molar-refractivity contribution in [1.29, 1.82) is 5.26 Å². The summed E-state index contributed by atoms with van der Waals surface area (Å²) in [5, 5.41) is 11.5. The summed E-state index contributed by atoms with van der Waals surface area (Å²) in [5.41, 5.74) is 0.338. The Bertz CT molecular complexity index is 940. The molecule has 1 saturated heterocycles. The maximum atomic E-state index is 13.9. The minimum Gasteiger partial charge on any atom is -0.326 e. The van der Waals surface area contributed by atoms with E-state index in [4.69, 9.17) is 5.26 Å². The zero-order chi connectivity index (χ0) is 18.8. The molecule has 0 spiro atoms. The molecule has 3 rings (SSSR count). The van der Waals surface area contributed by atoms with Crippen molar-refractivity contribution in [3.63, 3.8) is 0 Å². The summed E-state index contributed by atoms with van der Waals surface area (Å²) in [6.45, 7) is -0.162. The van der Waals surface area contributed by atoms with Gasteiger partial charge in [-0.3, -0.25) is 9.59 Å². The quantitative estimate of drug-likeness (QED) is 0.857. The minimum absolute atomic E-state index is 0.162. The van der Waals surface area contributed by atoms with E-state index in [9.17, 15) is 22.8 Å². The Morgan fingerprint density at radius 2 is 1.96 bits per heavy atom. The van der Waals surface area contributed by atoms with Gasteiger partial charge in [0.05, 0.1) is 23.2 Å². The molecule has 1 unspecified atom stereocenters. The van der Waals surface area contributed by atoms with E-state index in [1.807, 2.05) is 6.07 Å². The van der Waals surface area contributed by atoms with E-state index < -0.39 is 40.9 Å². The van der Waals surface area contributed by atoms with Crippen molar-refractivity contribution in [2.45, 2.75) is 6.42 Å². The van der Waals surface area contributed by atoms with Crippen molar-refractivity contribution >= 4 is 23.2 Å². The summed E-state index contributed by atoms with van der Waals surface area (Å²) in [6, 6.07) is 9.85. The van der Waals surface area contributed by atoms with Crippen LogP contribution in [0.5, 0.6) is 0 Å². The molecule has 2 amide bonds. The number of nitrogens with zero attached hydrogens (tertiary/aromatic N) is 2. The van der Waals surface area contributed by atoms with Gasteiger partial charge in [-0.1, -0.05) is 6.07 Å². The van der Waals surface area contributed by atoms with E-state index in [0.29, 0.717) is 11.3 Å². The molecule has 132 valence electrons. The summed E-state index contributed by atoms with van der Waals surface area (Å²) >= 11 is 0. The van der Waals surface area contributed by atoms with Crippen LogP contribution in [0.1, 0.15) is 12.0 Å². The van der Waals surface area contributed by atoms with Gasteiger partial charge in [0, 0.05) is 18.7 Å². The van der Waals surface area contributed by atoms with Crippen LogP contribution in [0.15, 0.2) is 36.4 Å². The van der Waals surface area contributed by atoms with Gasteiger partial charge < -0.3 is 10.2 Å². The van der Waals surface area contributed by atoms with Crippen LogP contribution >= 0.6 is 0 Å². The molecule has 8 heteroatoms. The SMILES string of the molecule is N#Cc1cccc(NC(=O)C2CC(=O)N(c3ccc(F)c(F)c3F)C2)c1. The van der Waals surface area contributed by atoms with Crippen molar-refractivity contribution in [3.8, 4) is 6.07 Å². The topological polar surface area (TPSA) is 73.2 Å². The van der Waals surface area contributed by atoms with E-state index in [0.717, 1.165) is 17.0 Å². The zero-order valence-electron chi connectivity index (χ0n) is 13.3. The van der Waals surface area contributed by atoms with Crippen molar-refractivity contribution in [3.05, 3.63) is 59.4 Å². The molecule has 1 heterocycles. The van der Waals surface area contributed by atoms with E-state index in [1.54, 1.807) is 18.2 Å². The highest BCUT2D eigenvalue weighted by atomic mass is 19.2. The molecule has 0 radical (unpaired) electrons. The average molecular weight is 359 g/mol. The van der Waals surface area contributed by atoms with Gasteiger partial charge in [0.25, 0.3) is 0 Å². The minimum atomic E-state index is -1.67. The van der Waals surface area contributed by atoms with Crippen LogP contribution in [0.3, 0.4) is 0 Å². The summed E-state index contributed by atoms with van der Waals surface area (Å²) in [6.07, 6.45) is -0.192. The van der Waals surface area contributed by atoms with E-state index in [1.165, 1.54) is 6.07 Å². The molecule has 26 heavy (non-hydrogen) atoms. The number of hydrogen-bond acceptors (Lipinski definition) is 3. The number of rotatable bonds is 3. The van der Waals surface area contributed by atoms with Gasteiger partial charge in [-0.25, -0.2) is 13.2 Å². The number of halogens is 3. The Hall–Kier alpha value is -3.34. The summed E-state index contributed by atoms with van der Waals surface area (Å²) < 4.78 is 40.3. The molecule has 2 aromatic rings. The molecule has 0 saturated carbocycles. The number of carbonyl (C=O) groups excluding carboxylic acids is 2. The first kappa shape index (κ1) is 17.5. The van der Waals surface area contributed by atoms with Gasteiger partial charge >= 0.3 is 0 Å². The van der Waals surface area contributed by atoms with Crippen molar-refractivity contribution in [1.82, 2.24) is 0 Å². The summed E-state index contributed by atoms with van der Waals surface area (Å²) in [7, 11) is 0. The normalized spacial score (nSPS) is 16.5. The predicted octanol–water partition coefficient (Wildman–Crippen LogP) is 2.97. The lowest BCUT2D eigenvalue weighted by Gasteiger charge is -2.18. The van der Waals surface area contributed by atoms with Crippen molar-refractivity contribution < 1.29 is 22.8 Å². The molecular weight excluding hydrogens is 347 g/mol. The number of anilines is 2. The Morgan fingerprint density at radius 1 is 1.19 bits per heavy atom. The first-order chi connectivity index (χ1) is 12.4. The second-order valence-corrected chi connectivity index (χ2v) is 5.78. The lowest BCUT2D eigenvalue weighted by Crippen LogP contribution is -2.29. The van der Waals surface area contributed by atoms with Crippen LogP contribution in [0.4, 0.5) is 24.5 Å². The van der Waals surface area contributed by atoms with Crippen molar-refractivity contribution in [2.24, 2.45) is 5.92 Å². The molecule has 1 aliphatic heterocycles. The molecule has 1 atom stereocenters. The maximum Gasteiger partial charge on any atom is 0.229 e. The van der Waals surface area contributed by atoms with Crippen molar-refractivity contribution in [2.75, 3.05) is 16.8 Å². The first-order valence-electron chi connectivity index (χ1n) is 7.65. The molecule has 0 bridgehead atoms. The number of nitriles is 1. The molecule has 1 N–H and O–H groups in total. The fraction of sp³-hybridized carbons (Fsp3) is 0.167. The largest absolute Gasteiger partial charge is 0.326 e. The van der Waals surface area contributed by atoms with E-state index >= 15 is 0 Å². The number of carbonyl (C=O) groups is 2. The zero-order valence-corrected chi connectivity index (χ0v) is 13.3. The highest BCUT2D eigenvalue weighted by Gasteiger charge is 2.37. The van der Waals surface area contributed by atoms with Crippen LogP contribution in [-0.2, 0) is 9.59 Å². The predicted molar refractivity (Wildman–Crippen MR) is 86.6 cm³/mol. The van der Waals surface area contributed by atoms with Gasteiger partial charge in [-0.15, -0.1) is 0 Å². The fourth-order valence-electron chi connectivity index (χ4n) is 2.75. The number of benzene rings is 2. The highest BCUT2D eigenvalue weighted by Crippen LogP contribution is 2.30. The van der Waals surface area contributed by atoms with Gasteiger partial charge in [0.2, 0.25) is 11.8 Å². The van der Waals surface area contributed by atoms with Crippen LogP contribution in [0.25, 0.3) is 0 Å². The van der Waals surface area contributed by atoms with Crippen LogP contribution in [0.2, 0.25) is 0 Å². The summed E-state index contributed by atoms with van der Waals surface area (Å²) in [4.78, 5) is 25.4. The van der Waals surface area contributed by atoms with Crippen LogP contribution in [-0.4, -0.2) is 18.4 Å². The average Bonchev–Trinajstić information content (AvgIpc) is 3.02. The van der Waals surface area contributed by atoms with Gasteiger partial charge in [-0.2, -0.15) is 5.26 Å².